The van der Waals surface area contributed by atoms with Crippen LogP contribution in [-0.4, -0.2) is 49.8 Å². The van der Waals surface area contributed by atoms with Gasteiger partial charge in [0.05, 0.1) is 18.8 Å². The van der Waals surface area contributed by atoms with Crippen LogP contribution in [0.4, 0.5) is 8.78 Å². The van der Waals surface area contributed by atoms with E-state index in [9.17, 15) is 23.5 Å². The molecule has 1 unspecified atom stereocenters. The fourth-order valence-electron chi connectivity index (χ4n) is 4.17. The number of benzene rings is 1. The Balaban J connectivity index is 1.48. The Morgan fingerprint density at radius 1 is 1.30 bits per heavy atom. The maximum absolute atomic E-state index is 13.5. The van der Waals surface area contributed by atoms with Crippen LogP contribution in [0.3, 0.4) is 0 Å². The van der Waals surface area contributed by atoms with Gasteiger partial charge in [-0.2, -0.15) is 0 Å². The van der Waals surface area contributed by atoms with Crippen LogP contribution in [0.1, 0.15) is 68.7 Å². The third-order valence-corrected chi connectivity index (χ3v) is 5.90. The van der Waals surface area contributed by atoms with Crippen molar-refractivity contribution in [3.8, 4) is 0 Å². The van der Waals surface area contributed by atoms with Gasteiger partial charge in [0.1, 0.15) is 17.1 Å². The fraction of sp³-hybridized carbons (Fsp3) is 0.391. The zero-order valence-corrected chi connectivity index (χ0v) is 18.3. The van der Waals surface area contributed by atoms with E-state index in [0.717, 1.165) is 0 Å². The molecule has 1 amide bonds. The Morgan fingerprint density at radius 2 is 2.06 bits per heavy atom. The molecule has 3 aromatic rings. The predicted octanol–water partition coefficient (Wildman–Crippen LogP) is 4.10. The number of alkyl halides is 2. The summed E-state index contributed by atoms with van der Waals surface area (Å²) in [5.41, 5.74) is 1.75. The average molecular weight is 458 g/mol. The maximum Gasteiger partial charge on any atom is 0.339 e. The highest BCUT2D eigenvalue weighted by atomic mass is 19.3. The molecule has 0 spiro atoms. The van der Waals surface area contributed by atoms with Gasteiger partial charge in [0.15, 0.2) is 0 Å². The Bertz CT molecular complexity index is 1190. The van der Waals surface area contributed by atoms with E-state index in [4.69, 9.17) is 4.42 Å². The molecule has 4 rings (SSSR count). The number of furan rings is 1. The molecule has 10 heteroatoms. The monoisotopic (exact) mass is 458 g/mol. The quantitative estimate of drug-likeness (QED) is 0.572. The summed E-state index contributed by atoms with van der Waals surface area (Å²) in [5, 5.41) is 17.3. The number of rotatable bonds is 7. The zero-order valence-electron chi connectivity index (χ0n) is 18.3. The minimum Gasteiger partial charge on any atom is -0.478 e. The largest absolute Gasteiger partial charge is 0.478 e. The summed E-state index contributed by atoms with van der Waals surface area (Å²) in [5.74, 6) is -3.68. The zero-order chi connectivity index (χ0) is 23.8. The Hall–Kier alpha value is -3.56. The first-order chi connectivity index (χ1) is 15.6. The Labute approximate surface area is 188 Å². The molecule has 8 nitrogen and oxygen atoms in total. The van der Waals surface area contributed by atoms with Crippen LogP contribution in [-0.2, 0) is 13.1 Å². The second kappa shape index (κ2) is 8.76. The topological polar surface area (TPSA) is 101 Å². The number of carbonyl (C=O) groups excluding carboxylic acids is 1. The second-order valence-corrected chi connectivity index (χ2v) is 8.44. The van der Waals surface area contributed by atoms with Gasteiger partial charge in [0, 0.05) is 37.6 Å². The van der Waals surface area contributed by atoms with Gasteiger partial charge in [0.25, 0.3) is 5.91 Å². The fourth-order valence-corrected chi connectivity index (χ4v) is 4.17. The summed E-state index contributed by atoms with van der Waals surface area (Å²) in [7, 11) is 1.60. The van der Waals surface area contributed by atoms with E-state index in [1.807, 2.05) is 0 Å². The van der Waals surface area contributed by atoms with Gasteiger partial charge in [-0.3, -0.25) is 4.79 Å². The van der Waals surface area contributed by atoms with E-state index in [2.05, 4.69) is 10.3 Å². The van der Waals surface area contributed by atoms with E-state index < -0.39 is 11.9 Å². The van der Waals surface area contributed by atoms with Crippen molar-refractivity contribution in [2.45, 2.75) is 51.1 Å². The molecule has 33 heavy (non-hydrogen) atoms. The van der Waals surface area contributed by atoms with Gasteiger partial charge in [-0.1, -0.05) is 23.4 Å². The average Bonchev–Trinajstić information content (AvgIpc) is 3.46. The molecule has 0 radical (unpaired) electrons. The lowest BCUT2D eigenvalue weighted by Crippen LogP contribution is -2.27. The third-order valence-electron chi connectivity index (χ3n) is 5.90. The van der Waals surface area contributed by atoms with Crippen LogP contribution in [0, 0.1) is 6.92 Å². The van der Waals surface area contributed by atoms with Gasteiger partial charge < -0.3 is 14.4 Å². The van der Waals surface area contributed by atoms with Crippen LogP contribution < -0.4 is 0 Å². The summed E-state index contributed by atoms with van der Waals surface area (Å²) in [4.78, 5) is 25.8. The molecule has 1 aromatic carbocycles. The van der Waals surface area contributed by atoms with Gasteiger partial charge in [-0.25, -0.2) is 18.3 Å². The number of aromatic carboxylic acids is 1. The highest BCUT2D eigenvalue weighted by Crippen LogP contribution is 2.43. The lowest BCUT2D eigenvalue weighted by Gasteiger charge is -2.18. The minimum absolute atomic E-state index is 0.0632. The van der Waals surface area contributed by atoms with Crippen molar-refractivity contribution >= 4 is 11.9 Å². The predicted molar refractivity (Wildman–Crippen MR) is 113 cm³/mol. The smallest absolute Gasteiger partial charge is 0.339 e. The highest BCUT2D eigenvalue weighted by molar-refractivity contribution is 5.95. The molecular weight excluding hydrogens is 434 g/mol. The molecule has 2 heterocycles. The lowest BCUT2D eigenvalue weighted by molar-refractivity contribution is 0.00763. The number of halogens is 2. The van der Waals surface area contributed by atoms with E-state index in [-0.39, 0.29) is 49.1 Å². The van der Waals surface area contributed by atoms with Crippen LogP contribution >= 0.6 is 0 Å². The normalized spacial score (nSPS) is 17.3. The summed E-state index contributed by atoms with van der Waals surface area (Å²) in [6, 6.07) is 8.45. The second-order valence-electron chi connectivity index (χ2n) is 8.44. The number of carbonyl (C=O) groups is 2. The first-order valence-corrected chi connectivity index (χ1v) is 10.6. The summed E-state index contributed by atoms with van der Waals surface area (Å²) < 4.78 is 34.1. The summed E-state index contributed by atoms with van der Waals surface area (Å²) >= 11 is 0. The number of nitrogens with zero attached hydrogens (tertiary/aromatic N) is 4. The van der Waals surface area contributed by atoms with Crippen molar-refractivity contribution in [3.63, 3.8) is 0 Å². The Kier molecular flexibility index (Phi) is 6.01. The molecule has 1 N–H and O–H groups in total. The Morgan fingerprint density at radius 3 is 2.73 bits per heavy atom. The molecule has 0 saturated heterocycles. The first-order valence-electron chi connectivity index (χ1n) is 10.6. The van der Waals surface area contributed by atoms with Crippen molar-refractivity contribution in [2.75, 3.05) is 7.05 Å². The van der Waals surface area contributed by atoms with Crippen molar-refractivity contribution in [1.82, 2.24) is 19.9 Å². The molecule has 2 aromatic heterocycles. The van der Waals surface area contributed by atoms with Gasteiger partial charge in [0.2, 0.25) is 5.92 Å². The maximum atomic E-state index is 13.5. The summed E-state index contributed by atoms with van der Waals surface area (Å²) in [6.07, 6.45) is 1.68. The van der Waals surface area contributed by atoms with Crippen molar-refractivity contribution < 1.29 is 27.9 Å². The van der Waals surface area contributed by atoms with E-state index in [1.54, 1.807) is 49.1 Å². The van der Waals surface area contributed by atoms with Crippen LogP contribution in [0.25, 0.3) is 0 Å². The van der Waals surface area contributed by atoms with Crippen molar-refractivity contribution in [2.24, 2.45) is 0 Å². The lowest BCUT2D eigenvalue weighted by atomic mass is 10.0. The number of carboxylic acid groups (broad SMARTS) is 1. The third kappa shape index (κ3) is 4.94. The number of aromatic nitrogens is 3. The van der Waals surface area contributed by atoms with Crippen LogP contribution in [0.15, 0.2) is 40.9 Å². The SMILES string of the molecule is Cc1oc(CN(C)C(=O)c2ccccc2Cn2cc(C3CCC(F)(F)C3)nn2)cc1C(=O)O. The van der Waals surface area contributed by atoms with Crippen LogP contribution in [0.5, 0.6) is 0 Å². The molecule has 1 atom stereocenters. The standard InChI is InChI=1S/C23H24F2N4O4/c1-14-19(22(31)32)9-17(33-14)12-28(2)21(30)18-6-4-3-5-16(18)11-29-13-20(26-27-29)15-7-8-23(24,25)10-15/h3-6,9,13,15H,7-8,10-12H2,1-2H3,(H,31,32). The number of hydrogen-bond acceptors (Lipinski definition) is 5. The number of amides is 1. The minimum atomic E-state index is -2.66. The van der Waals surface area contributed by atoms with Gasteiger partial charge in [-0.15, -0.1) is 5.10 Å². The molecule has 0 bridgehead atoms. The molecular formula is C23H24F2N4O4. The highest BCUT2D eigenvalue weighted by Gasteiger charge is 2.41. The van der Waals surface area contributed by atoms with Gasteiger partial charge >= 0.3 is 5.97 Å². The van der Waals surface area contributed by atoms with Crippen molar-refractivity contribution in [1.29, 1.82) is 0 Å². The van der Waals surface area contributed by atoms with Crippen molar-refractivity contribution in [3.05, 3.63) is 70.4 Å². The molecule has 0 aliphatic heterocycles. The van der Waals surface area contributed by atoms with Gasteiger partial charge in [-0.05, 0) is 31.0 Å². The van der Waals surface area contributed by atoms with E-state index in [1.165, 1.54) is 11.0 Å². The molecule has 174 valence electrons. The molecule has 1 fully saturated rings. The van der Waals surface area contributed by atoms with E-state index in [0.29, 0.717) is 29.0 Å². The molecule has 1 aliphatic carbocycles. The van der Waals surface area contributed by atoms with E-state index >= 15 is 0 Å². The molecule has 1 aliphatic rings. The number of aryl methyl sites for hydroxylation is 1. The molecule has 1 saturated carbocycles. The number of carboxylic acids is 1. The first kappa shape index (κ1) is 22.6. The summed E-state index contributed by atoms with van der Waals surface area (Å²) in [6.45, 7) is 1.92. The number of hydrogen-bond donors (Lipinski definition) is 1. The van der Waals surface area contributed by atoms with Crippen LogP contribution in [0.2, 0.25) is 0 Å².